The molecular formula is C15H23NO4. The lowest BCUT2D eigenvalue weighted by molar-refractivity contribution is -0.154. The van der Waals surface area contributed by atoms with Gasteiger partial charge in [0.15, 0.2) is 0 Å². The molecule has 1 aliphatic heterocycles. The number of carboxylic acids is 1. The maximum Gasteiger partial charge on any atom is 0.303 e. The van der Waals surface area contributed by atoms with Crippen molar-refractivity contribution in [3.8, 4) is 0 Å². The van der Waals surface area contributed by atoms with Crippen molar-refractivity contribution in [2.75, 3.05) is 6.54 Å². The van der Waals surface area contributed by atoms with E-state index < -0.39 is 11.4 Å². The molecule has 5 heteroatoms. The number of hydrogen-bond donors (Lipinski definition) is 1. The first-order valence-electron chi connectivity index (χ1n) is 7.47. The SMILES string of the molecule is CC1CC(=O)N(CC2(CC(=O)O)CCCCC2)C(=O)C1. The molecule has 1 aliphatic carbocycles. The molecule has 2 aliphatic rings. The average Bonchev–Trinajstić information content (AvgIpc) is 2.34. The van der Waals surface area contributed by atoms with Gasteiger partial charge in [-0.3, -0.25) is 19.3 Å². The van der Waals surface area contributed by atoms with Gasteiger partial charge in [0, 0.05) is 19.4 Å². The van der Waals surface area contributed by atoms with Crippen molar-refractivity contribution < 1.29 is 19.5 Å². The Morgan fingerprint density at radius 1 is 1.20 bits per heavy atom. The lowest BCUT2D eigenvalue weighted by Gasteiger charge is -2.41. The number of imide groups is 1. The molecule has 112 valence electrons. The Balaban J connectivity index is 2.12. The zero-order valence-corrected chi connectivity index (χ0v) is 12.1. The van der Waals surface area contributed by atoms with Crippen molar-refractivity contribution in [3.63, 3.8) is 0 Å². The molecule has 1 saturated carbocycles. The van der Waals surface area contributed by atoms with Gasteiger partial charge in [-0.05, 0) is 24.2 Å². The van der Waals surface area contributed by atoms with Gasteiger partial charge in [-0.15, -0.1) is 0 Å². The average molecular weight is 281 g/mol. The fourth-order valence-corrected chi connectivity index (χ4v) is 3.55. The lowest BCUT2D eigenvalue weighted by atomic mass is 9.71. The molecule has 0 atom stereocenters. The highest BCUT2D eigenvalue weighted by molar-refractivity contribution is 5.98. The molecule has 1 heterocycles. The molecule has 0 radical (unpaired) electrons. The summed E-state index contributed by atoms with van der Waals surface area (Å²) in [7, 11) is 0. The summed E-state index contributed by atoms with van der Waals surface area (Å²) in [6, 6.07) is 0. The van der Waals surface area contributed by atoms with E-state index in [1.807, 2.05) is 6.92 Å². The second-order valence-corrected chi connectivity index (χ2v) is 6.52. The first-order valence-corrected chi connectivity index (χ1v) is 7.47. The largest absolute Gasteiger partial charge is 0.481 e. The topological polar surface area (TPSA) is 74.7 Å². The molecule has 2 rings (SSSR count). The van der Waals surface area contributed by atoms with Gasteiger partial charge in [-0.2, -0.15) is 0 Å². The summed E-state index contributed by atoms with van der Waals surface area (Å²) in [5.41, 5.74) is -0.407. The summed E-state index contributed by atoms with van der Waals surface area (Å²) in [6.07, 6.45) is 5.53. The Kier molecular flexibility index (Phi) is 4.45. The van der Waals surface area contributed by atoms with E-state index in [-0.39, 0.29) is 24.2 Å². The molecule has 0 unspecified atom stereocenters. The van der Waals surface area contributed by atoms with Crippen LogP contribution in [0.25, 0.3) is 0 Å². The summed E-state index contributed by atoms with van der Waals surface area (Å²) in [5, 5.41) is 9.15. The van der Waals surface area contributed by atoms with Crippen LogP contribution < -0.4 is 0 Å². The molecule has 1 N–H and O–H groups in total. The molecular weight excluding hydrogens is 258 g/mol. The van der Waals surface area contributed by atoms with Gasteiger partial charge in [0.25, 0.3) is 0 Å². The minimum Gasteiger partial charge on any atom is -0.481 e. The molecule has 0 bridgehead atoms. The van der Waals surface area contributed by atoms with Crippen LogP contribution in [0.4, 0.5) is 0 Å². The van der Waals surface area contributed by atoms with Crippen LogP contribution in [0.15, 0.2) is 0 Å². The third-order valence-corrected chi connectivity index (χ3v) is 4.58. The van der Waals surface area contributed by atoms with Crippen molar-refractivity contribution in [2.24, 2.45) is 11.3 Å². The summed E-state index contributed by atoms with van der Waals surface area (Å²) in [5.74, 6) is -1.00. The zero-order chi connectivity index (χ0) is 14.8. The third kappa shape index (κ3) is 3.38. The number of carbonyl (C=O) groups is 3. The van der Waals surface area contributed by atoms with Gasteiger partial charge in [0.1, 0.15) is 0 Å². The van der Waals surface area contributed by atoms with Crippen molar-refractivity contribution in [2.45, 2.75) is 58.3 Å². The summed E-state index contributed by atoms with van der Waals surface area (Å²) in [6.45, 7) is 2.20. The van der Waals surface area contributed by atoms with Gasteiger partial charge in [-0.1, -0.05) is 26.2 Å². The fourth-order valence-electron chi connectivity index (χ4n) is 3.55. The second kappa shape index (κ2) is 5.94. The Hall–Kier alpha value is -1.39. The van der Waals surface area contributed by atoms with Gasteiger partial charge in [-0.25, -0.2) is 0 Å². The zero-order valence-electron chi connectivity index (χ0n) is 12.1. The van der Waals surface area contributed by atoms with Crippen LogP contribution in [-0.4, -0.2) is 34.3 Å². The minimum atomic E-state index is -0.836. The maximum absolute atomic E-state index is 12.1. The highest BCUT2D eigenvalue weighted by atomic mass is 16.4. The van der Waals surface area contributed by atoms with Gasteiger partial charge >= 0.3 is 5.97 Å². The van der Waals surface area contributed by atoms with E-state index in [1.54, 1.807) is 0 Å². The molecule has 2 amide bonds. The number of rotatable bonds is 4. The number of amides is 2. The number of hydrogen-bond acceptors (Lipinski definition) is 3. The predicted octanol–water partition coefficient (Wildman–Crippen LogP) is 2.20. The van der Waals surface area contributed by atoms with E-state index in [4.69, 9.17) is 5.11 Å². The van der Waals surface area contributed by atoms with Gasteiger partial charge in [0.2, 0.25) is 11.8 Å². The van der Waals surface area contributed by atoms with E-state index in [9.17, 15) is 14.4 Å². The lowest BCUT2D eigenvalue weighted by Crippen LogP contribution is -2.49. The normalized spacial score (nSPS) is 23.9. The Morgan fingerprint density at radius 2 is 1.75 bits per heavy atom. The Labute approximate surface area is 119 Å². The van der Waals surface area contributed by atoms with Crippen LogP contribution in [-0.2, 0) is 14.4 Å². The van der Waals surface area contributed by atoms with Gasteiger partial charge in [0.05, 0.1) is 6.42 Å². The first-order chi connectivity index (χ1) is 9.42. The molecule has 0 aromatic carbocycles. The quantitative estimate of drug-likeness (QED) is 0.802. The van der Waals surface area contributed by atoms with Crippen molar-refractivity contribution in [1.82, 2.24) is 4.90 Å². The monoisotopic (exact) mass is 281 g/mol. The maximum atomic E-state index is 12.1. The van der Waals surface area contributed by atoms with E-state index in [1.165, 1.54) is 4.90 Å². The molecule has 0 aromatic rings. The molecule has 0 spiro atoms. The van der Waals surface area contributed by atoms with Gasteiger partial charge < -0.3 is 5.11 Å². The van der Waals surface area contributed by atoms with Crippen LogP contribution in [0.3, 0.4) is 0 Å². The number of likely N-dealkylation sites (tertiary alicyclic amines) is 1. The third-order valence-electron chi connectivity index (χ3n) is 4.58. The fraction of sp³-hybridized carbons (Fsp3) is 0.800. The highest BCUT2D eigenvalue weighted by Crippen LogP contribution is 2.41. The van der Waals surface area contributed by atoms with E-state index >= 15 is 0 Å². The number of carbonyl (C=O) groups excluding carboxylic acids is 2. The molecule has 1 saturated heterocycles. The minimum absolute atomic E-state index is 0.0552. The van der Waals surface area contributed by atoms with Crippen LogP contribution in [0.1, 0.15) is 58.3 Å². The van der Waals surface area contributed by atoms with Crippen molar-refractivity contribution >= 4 is 17.8 Å². The Bertz CT molecular complexity index is 394. The number of carboxylic acid groups (broad SMARTS) is 1. The van der Waals surface area contributed by atoms with Crippen LogP contribution in [0, 0.1) is 11.3 Å². The summed E-state index contributed by atoms with van der Waals surface area (Å²) in [4.78, 5) is 36.6. The molecule has 5 nitrogen and oxygen atoms in total. The molecule has 0 aromatic heterocycles. The van der Waals surface area contributed by atoms with Crippen molar-refractivity contribution in [3.05, 3.63) is 0 Å². The van der Waals surface area contributed by atoms with Crippen molar-refractivity contribution in [1.29, 1.82) is 0 Å². The van der Waals surface area contributed by atoms with Crippen LogP contribution >= 0.6 is 0 Å². The summed E-state index contributed by atoms with van der Waals surface area (Å²) < 4.78 is 0. The van der Waals surface area contributed by atoms with E-state index in [0.717, 1.165) is 32.1 Å². The number of aliphatic carboxylic acids is 1. The Morgan fingerprint density at radius 3 is 2.25 bits per heavy atom. The summed E-state index contributed by atoms with van der Waals surface area (Å²) >= 11 is 0. The highest BCUT2D eigenvalue weighted by Gasteiger charge is 2.40. The smallest absolute Gasteiger partial charge is 0.303 e. The molecule has 2 fully saturated rings. The molecule has 20 heavy (non-hydrogen) atoms. The number of piperidine rings is 1. The number of nitrogens with zero attached hydrogens (tertiary/aromatic N) is 1. The van der Waals surface area contributed by atoms with E-state index in [2.05, 4.69) is 0 Å². The second-order valence-electron chi connectivity index (χ2n) is 6.52. The van der Waals surface area contributed by atoms with Crippen LogP contribution in [0.2, 0.25) is 0 Å². The standard InChI is InChI=1S/C15H23NO4/c1-11-7-12(17)16(13(18)8-11)10-15(9-14(19)20)5-3-2-4-6-15/h11H,2-10H2,1H3,(H,19,20). The predicted molar refractivity (Wildman–Crippen MR) is 72.9 cm³/mol. The van der Waals surface area contributed by atoms with Crippen LogP contribution in [0.5, 0.6) is 0 Å². The van der Waals surface area contributed by atoms with E-state index in [0.29, 0.717) is 19.4 Å². The first kappa shape index (κ1) is 15.0.